The van der Waals surface area contributed by atoms with Crippen molar-refractivity contribution in [2.24, 2.45) is 0 Å². The van der Waals surface area contributed by atoms with Crippen molar-refractivity contribution in [2.45, 2.75) is 60.5 Å². The Bertz CT molecular complexity index is 315. The molecule has 0 heterocycles. The summed E-state index contributed by atoms with van der Waals surface area (Å²) in [5, 5.41) is 8.52. The number of aryl methyl sites for hydroxylation is 1. The standard InChI is InChI=1S/C12H16O3.2C2H6/c1-9(2)15-11-6-3-10(4-7-11)5-8-12(13)14;2*1-2/h3-4,6-7,9H,5,8H2,1-2H3,(H,13,14);2*1-2H3. The first-order valence-corrected chi connectivity index (χ1v) is 7.05. The summed E-state index contributed by atoms with van der Waals surface area (Å²) in [6.07, 6.45) is 0.900. The third kappa shape index (κ3) is 11.3. The number of ether oxygens (including phenoxy) is 1. The van der Waals surface area contributed by atoms with Crippen LogP contribution in [0.1, 0.15) is 53.5 Å². The van der Waals surface area contributed by atoms with Crippen molar-refractivity contribution in [1.29, 1.82) is 0 Å². The molecular formula is C16H28O3. The topological polar surface area (TPSA) is 46.5 Å². The molecule has 0 atom stereocenters. The van der Waals surface area contributed by atoms with E-state index in [0.29, 0.717) is 6.42 Å². The number of benzene rings is 1. The quantitative estimate of drug-likeness (QED) is 0.852. The molecular weight excluding hydrogens is 240 g/mol. The van der Waals surface area contributed by atoms with Crippen molar-refractivity contribution in [1.82, 2.24) is 0 Å². The van der Waals surface area contributed by atoms with Crippen molar-refractivity contribution >= 4 is 5.97 Å². The molecule has 0 aliphatic rings. The van der Waals surface area contributed by atoms with Crippen LogP contribution in [0, 0.1) is 0 Å². The third-order valence-electron chi connectivity index (χ3n) is 1.92. The Balaban J connectivity index is 0. The van der Waals surface area contributed by atoms with Crippen LogP contribution in [0.15, 0.2) is 24.3 Å². The maximum Gasteiger partial charge on any atom is 0.303 e. The lowest BCUT2D eigenvalue weighted by atomic mass is 10.1. The van der Waals surface area contributed by atoms with Gasteiger partial charge in [0.1, 0.15) is 5.75 Å². The fourth-order valence-electron chi connectivity index (χ4n) is 1.26. The second-order valence-corrected chi connectivity index (χ2v) is 3.70. The van der Waals surface area contributed by atoms with E-state index in [0.717, 1.165) is 11.3 Å². The summed E-state index contributed by atoms with van der Waals surface area (Å²) in [6.45, 7) is 11.9. The van der Waals surface area contributed by atoms with Gasteiger partial charge in [-0.3, -0.25) is 4.79 Å². The van der Waals surface area contributed by atoms with E-state index in [1.165, 1.54) is 0 Å². The van der Waals surface area contributed by atoms with Gasteiger partial charge in [-0.15, -0.1) is 0 Å². The second-order valence-electron chi connectivity index (χ2n) is 3.70. The van der Waals surface area contributed by atoms with Crippen molar-refractivity contribution in [3.05, 3.63) is 29.8 Å². The Hall–Kier alpha value is -1.51. The van der Waals surface area contributed by atoms with Gasteiger partial charge in [-0.25, -0.2) is 0 Å². The molecule has 0 spiro atoms. The van der Waals surface area contributed by atoms with Crippen molar-refractivity contribution in [3.8, 4) is 5.75 Å². The second kappa shape index (κ2) is 12.9. The van der Waals surface area contributed by atoms with E-state index in [1.54, 1.807) is 0 Å². The smallest absolute Gasteiger partial charge is 0.303 e. The molecule has 0 radical (unpaired) electrons. The van der Waals surface area contributed by atoms with Crippen LogP contribution in [-0.4, -0.2) is 17.2 Å². The summed E-state index contributed by atoms with van der Waals surface area (Å²) in [5.74, 6) is 0.0570. The number of hydrogen-bond donors (Lipinski definition) is 1. The Morgan fingerprint density at radius 2 is 1.58 bits per heavy atom. The summed E-state index contributed by atoms with van der Waals surface area (Å²) in [7, 11) is 0. The molecule has 0 aliphatic heterocycles. The molecule has 1 rings (SSSR count). The first-order chi connectivity index (χ1) is 9.08. The van der Waals surface area contributed by atoms with Crippen molar-refractivity contribution < 1.29 is 14.6 Å². The molecule has 19 heavy (non-hydrogen) atoms. The lowest BCUT2D eigenvalue weighted by molar-refractivity contribution is -0.136. The molecule has 1 aromatic carbocycles. The average Bonchev–Trinajstić information content (AvgIpc) is 2.42. The zero-order valence-corrected chi connectivity index (χ0v) is 13.1. The van der Waals surface area contributed by atoms with Gasteiger partial charge in [-0.2, -0.15) is 0 Å². The molecule has 3 nitrogen and oxygen atoms in total. The first kappa shape index (κ1) is 19.8. The summed E-state index contributed by atoms with van der Waals surface area (Å²) < 4.78 is 5.48. The molecule has 0 fully saturated rings. The largest absolute Gasteiger partial charge is 0.491 e. The predicted molar refractivity (Wildman–Crippen MR) is 80.9 cm³/mol. The number of carbonyl (C=O) groups is 1. The molecule has 1 aromatic rings. The lowest BCUT2D eigenvalue weighted by Gasteiger charge is -2.09. The Morgan fingerprint density at radius 3 is 1.95 bits per heavy atom. The zero-order chi connectivity index (χ0) is 15.3. The van der Waals surface area contributed by atoms with Gasteiger partial charge in [0, 0.05) is 6.42 Å². The zero-order valence-electron chi connectivity index (χ0n) is 13.1. The normalized spacial score (nSPS) is 8.79. The van der Waals surface area contributed by atoms with Crippen LogP contribution in [0.2, 0.25) is 0 Å². The van der Waals surface area contributed by atoms with E-state index in [2.05, 4.69) is 0 Å². The van der Waals surface area contributed by atoms with Gasteiger partial charge in [-0.05, 0) is 38.0 Å². The molecule has 0 saturated heterocycles. The van der Waals surface area contributed by atoms with Gasteiger partial charge >= 0.3 is 5.97 Å². The Morgan fingerprint density at radius 1 is 1.11 bits per heavy atom. The number of hydrogen-bond acceptors (Lipinski definition) is 2. The van der Waals surface area contributed by atoms with E-state index in [-0.39, 0.29) is 12.5 Å². The third-order valence-corrected chi connectivity index (χ3v) is 1.92. The van der Waals surface area contributed by atoms with Crippen LogP contribution in [-0.2, 0) is 11.2 Å². The van der Waals surface area contributed by atoms with Gasteiger partial charge in [-0.1, -0.05) is 39.8 Å². The van der Waals surface area contributed by atoms with E-state index < -0.39 is 5.97 Å². The monoisotopic (exact) mass is 268 g/mol. The average molecular weight is 268 g/mol. The van der Waals surface area contributed by atoms with Crippen LogP contribution in [0.25, 0.3) is 0 Å². The lowest BCUT2D eigenvalue weighted by Crippen LogP contribution is -2.05. The molecule has 0 aromatic heterocycles. The van der Waals surface area contributed by atoms with E-state index in [9.17, 15) is 4.79 Å². The van der Waals surface area contributed by atoms with Gasteiger partial charge < -0.3 is 9.84 Å². The molecule has 0 bridgehead atoms. The van der Waals surface area contributed by atoms with E-state index in [4.69, 9.17) is 9.84 Å². The highest BCUT2D eigenvalue weighted by Gasteiger charge is 2.00. The highest BCUT2D eigenvalue weighted by molar-refractivity contribution is 5.67. The molecule has 0 aliphatic carbocycles. The number of rotatable bonds is 5. The highest BCUT2D eigenvalue weighted by atomic mass is 16.5. The maximum atomic E-state index is 10.4. The SMILES string of the molecule is CC.CC.CC(C)Oc1ccc(CCC(=O)O)cc1. The summed E-state index contributed by atoms with van der Waals surface area (Å²) in [4.78, 5) is 10.4. The molecule has 110 valence electrons. The van der Waals surface area contributed by atoms with Crippen LogP contribution < -0.4 is 4.74 Å². The van der Waals surface area contributed by atoms with Crippen LogP contribution in [0.5, 0.6) is 5.75 Å². The molecule has 1 N–H and O–H groups in total. The Labute approximate surface area is 117 Å². The number of carboxylic acid groups (broad SMARTS) is 1. The van der Waals surface area contributed by atoms with E-state index in [1.807, 2.05) is 65.8 Å². The predicted octanol–water partition coefficient (Wildman–Crippen LogP) is 4.54. The molecule has 0 saturated carbocycles. The maximum absolute atomic E-state index is 10.4. The fourth-order valence-corrected chi connectivity index (χ4v) is 1.26. The minimum Gasteiger partial charge on any atom is -0.491 e. The first-order valence-electron chi connectivity index (χ1n) is 7.05. The molecule has 3 heteroatoms. The summed E-state index contributed by atoms with van der Waals surface area (Å²) in [5.41, 5.74) is 1.02. The van der Waals surface area contributed by atoms with Crippen LogP contribution in [0.3, 0.4) is 0 Å². The minimum absolute atomic E-state index is 0.162. The van der Waals surface area contributed by atoms with Gasteiger partial charge in [0.2, 0.25) is 0 Å². The minimum atomic E-state index is -0.766. The summed E-state index contributed by atoms with van der Waals surface area (Å²) >= 11 is 0. The highest BCUT2D eigenvalue weighted by Crippen LogP contribution is 2.14. The van der Waals surface area contributed by atoms with Crippen molar-refractivity contribution in [3.63, 3.8) is 0 Å². The Kier molecular flexibility index (Phi) is 13.5. The van der Waals surface area contributed by atoms with Gasteiger partial charge in [0.25, 0.3) is 0 Å². The van der Waals surface area contributed by atoms with Crippen LogP contribution in [0.4, 0.5) is 0 Å². The van der Waals surface area contributed by atoms with Crippen molar-refractivity contribution in [2.75, 3.05) is 0 Å². The number of aliphatic carboxylic acids is 1. The molecule has 0 amide bonds. The van der Waals surface area contributed by atoms with Gasteiger partial charge in [0.15, 0.2) is 0 Å². The van der Waals surface area contributed by atoms with Gasteiger partial charge in [0.05, 0.1) is 6.10 Å². The number of carboxylic acids is 1. The fraction of sp³-hybridized carbons (Fsp3) is 0.562. The molecule has 0 unspecified atom stereocenters. The van der Waals surface area contributed by atoms with E-state index >= 15 is 0 Å². The summed E-state index contributed by atoms with van der Waals surface area (Å²) in [6, 6.07) is 7.55. The van der Waals surface area contributed by atoms with Crippen LogP contribution >= 0.6 is 0 Å².